The fourth-order valence-electron chi connectivity index (χ4n) is 3.02. The zero-order valence-corrected chi connectivity index (χ0v) is 22.1. The predicted octanol–water partition coefficient (Wildman–Crippen LogP) is 1.87. The molecule has 5 N–H and O–H groups in total. The van der Waals surface area contributed by atoms with Gasteiger partial charge in [-0.15, -0.1) is 0 Å². The van der Waals surface area contributed by atoms with Crippen molar-refractivity contribution < 1.29 is 38.0 Å². The summed E-state index contributed by atoms with van der Waals surface area (Å²) in [6, 6.07) is -0.642. The molecule has 0 radical (unpaired) electrons. The SMILES string of the molecule is CC(=O)N[C@@H](CCCCNC(=O)C(C)C)C(=O)NCCCCC(CO)COP(=O)(O)OC(C)C. The van der Waals surface area contributed by atoms with Gasteiger partial charge in [0.25, 0.3) is 0 Å². The molecule has 0 heterocycles. The van der Waals surface area contributed by atoms with Crippen molar-refractivity contribution in [2.75, 3.05) is 26.3 Å². The van der Waals surface area contributed by atoms with Crippen LogP contribution in [-0.4, -0.2) is 66.2 Å². The fourth-order valence-corrected chi connectivity index (χ4v) is 4.01. The van der Waals surface area contributed by atoms with Gasteiger partial charge in [-0.3, -0.25) is 23.4 Å². The van der Waals surface area contributed by atoms with E-state index in [0.29, 0.717) is 51.6 Å². The van der Waals surface area contributed by atoms with Gasteiger partial charge < -0.3 is 26.0 Å². The van der Waals surface area contributed by atoms with Crippen LogP contribution in [0.5, 0.6) is 0 Å². The Kier molecular flexibility index (Phi) is 17.0. The maximum Gasteiger partial charge on any atom is 0.472 e. The van der Waals surface area contributed by atoms with Crippen molar-refractivity contribution in [1.29, 1.82) is 0 Å². The van der Waals surface area contributed by atoms with Crippen LogP contribution in [-0.2, 0) is 28.0 Å². The number of carbonyl (C=O) groups excluding carboxylic acids is 3. The lowest BCUT2D eigenvalue weighted by Crippen LogP contribution is -2.46. The van der Waals surface area contributed by atoms with E-state index < -0.39 is 20.0 Å². The van der Waals surface area contributed by atoms with Gasteiger partial charge in [0.2, 0.25) is 17.7 Å². The molecule has 0 fully saturated rings. The average molecular weight is 510 g/mol. The molecule has 0 aliphatic heterocycles. The van der Waals surface area contributed by atoms with Crippen molar-refractivity contribution in [1.82, 2.24) is 16.0 Å². The zero-order valence-electron chi connectivity index (χ0n) is 21.2. The summed E-state index contributed by atoms with van der Waals surface area (Å²) in [5, 5.41) is 17.8. The number of phosphoric acid groups is 1. The number of rotatable bonds is 19. The van der Waals surface area contributed by atoms with Crippen LogP contribution in [0.2, 0.25) is 0 Å². The molecule has 2 unspecified atom stereocenters. The van der Waals surface area contributed by atoms with Crippen molar-refractivity contribution in [3.63, 3.8) is 0 Å². The summed E-state index contributed by atoms with van der Waals surface area (Å²) in [7, 11) is -4.14. The standard InChI is InChI=1S/C22H44N3O8P/c1-16(2)21(28)23-12-9-7-11-20(25-18(5)27)22(29)24-13-8-6-10-19(14-26)15-32-34(30,31)33-17(3)4/h16-17,19-20,26H,6-15H2,1-5H3,(H,23,28)(H,24,29)(H,25,27)(H,30,31)/t19?,20-/m0/s1. The quantitative estimate of drug-likeness (QED) is 0.130. The van der Waals surface area contributed by atoms with Crippen LogP contribution < -0.4 is 16.0 Å². The molecule has 0 saturated carbocycles. The van der Waals surface area contributed by atoms with E-state index in [1.54, 1.807) is 13.8 Å². The highest BCUT2D eigenvalue weighted by molar-refractivity contribution is 7.47. The van der Waals surface area contributed by atoms with Crippen LogP contribution >= 0.6 is 7.82 Å². The second-order valence-electron chi connectivity index (χ2n) is 8.95. The average Bonchev–Trinajstić information content (AvgIpc) is 2.72. The van der Waals surface area contributed by atoms with Crippen LogP contribution in [0.1, 0.15) is 73.1 Å². The van der Waals surface area contributed by atoms with E-state index in [4.69, 9.17) is 9.05 Å². The summed E-state index contributed by atoms with van der Waals surface area (Å²) in [4.78, 5) is 45.1. The topological polar surface area (TPSA) is 163 Å². The lowest BCUT2D eigenvalue weighted by molar-refractivity contribution is -0.128. The molecule has 0 aromatic rings. The molecule has 11 nitrogen and oxygen atoms in total. The number of carbonyl (C=O) groups is 3. The van der Waals surface area contributed by atoms with Gasteiger partial charge in [0.05, 0.1) is 12.7 Å². The van der Waals surface area contributed by atoms with Crippen LogP contribution in [0.15, 0.2) is 0 Å². The van der Waals surface area contributed by atoms with Crippen LogP contribution in [0, 0.1) is 11.8 Å². The van der Waals surface area contributed by atoms with Gasteiger partial charge in [-0.25, -0.2) is 4.57 Å². The molecule has 0 aliphatic carbocycles. The number of hydrogen-bond acceptors (Lipinski definition) is 7. The summed E-state index contributed by atoms with van der Waals surface area (Å²) < 4.78 is 21.5. The molecule has 200 valence electrons. The first kappa shape index (κ1) is 32.5. The Balaban J connectivity index is 4.26. The number of amides is 3. The van der Waals surface area contributed by atoms with E-state index in [1.807, 2.05) is 13.8 Å². The molecule has 0 rings (SSSR count). The van der Waals surface area contributed by atoms with Crippen molar-refractivity contribution in [2.24, 2.45) is 11.8 Å². The Hall–Kier alpha value is -1.52. The Labute approximate surface area is 203 Å². The molecule has 0 aliphatic rings. The van der Waals surface area contributed by atoms with E-state index >= 15 is 0 Å². The second-order valence-corrected chi connectivity index (χ2v) is 10.4. The van der Waals surface area contributed by atoms with E-state index in [2.05, 4.69) is 16.0 Å². The van der Waals surface area contributed by atoms with Crippen molar-refractivity contribution >= 4 is 25.5 Å². The third-order valence-electron chi connectivity index (χ3n) is 4.85. The minimum Gasteiger partial charge on any atom is -0.396 e. The third-order valence-corrected chi connectivity index (χ3v) is 6.01. The summed E-state index contributed by atoms with van der Waals surface area (Å²) in [6.45, 7) is 8.85. The van der Waals surface area contributed by atoms with Gasteiger partial charge in [0, 0.05) is 38.5 Å². The monoisotopic (exact) mass is 509 g/mol. The normalized spacial score (nSPS) is 15.0. The van der Waals surface area contributed by atoms with Gasteiger partial charge in [0.1, 0.15) is 6.04 Å². The Bertz CT molecular complexity index is 660. The van der Waals surface area contributed by atoms with E-state index in [9.17, 15) is 28.9 Å². The van der Waals surface area contributed by atoms with Gasteiger partial charge in [0.15, 0.2) is 0 Å². The molecule has 0 bridgehead atoms. The number of nitrogens with one attached hydrogen (secondary N) is 3. The molecular formula is C22H44N3O8P. The molecule has 0 spiro atoms. The van der Waals surface area contributed by atoms with Crippen LogP contribution in [0.25, 0.3) is 0 Å². The summed E-state index contributed by atoms with van der Waals surface area (Å²) in [6.07, 6.45) is 3.22. The Morgan fingerprint density at radius 2 is 1.47 bits per heavy atom. The highest BCUT2D eigenvalue weighted by Gasteiger charge is 2.24. The molecule has 0 aromatic heterocycles. The van der Waals surface area contributed by atoms with Crippen molar-refractivity contribution in [2.45, 2.75) is 85.3 Å². The first-order valence-electron chi connectivity index (χ1n) is 12.0. The van der Waals surface area contributed by atoms with Gasteiger partial charge in [-0.05, 0) is 46.0 Å². The maximum atomic E-state index is 12.5. The number of aliphatic hydroxyl groups excluding tert-OH is 1. The van der Waals surface area contributed by atoms with Crippen molar-refractivity contribution in [3.05, 3.63) is 0 Å². The van der Waals surface area contributed by atoms with Gasteiger partial charge >= 0.3 is 7.82 Å². The van der Waals surface area contributed by atoms with Crippen LogP contribution in [0.3, 0.4) is 0 Å². The van der Waals surface area contributed by atoms with Crippen molar-refractivity contribution in [3.8, 4) is 0 Å². The number of hydrogen-bond donors (Lipinski definition) is 5. The first-order chi connectivity index (χ1) is 15.9. The first-order valence-corrected chi connectivity index (χ1v) is 13.5. The van der Waals surface area contributed by atoms with E-state index in [1.165, 1.54) is 6.92 Å². The minimum absolute atomic E-state index is 0.0135. The molecule has 0 saturated heterocycles. The molecular weight excluding hydrogens is 465 g/mol. The minimum atomic E-state index is -4.14. The Morgan fingerprint density at radius 1 is 0.912 bits per heavy atom. The highest BCUT2D eigenvalue weighted by Crippen LogP contribution is 2.44. The highest BCUT2D eigenvalue weighted by atomic mass is 31.2. The van der Waals surface area contributed by atoms with Gasteiger partial charge in [-0.1, -0.05) is 20.3 Å². The lowest BCUT2D eigenvalue weighted by Gasteiger charge is -2.19. The number of phosphoric ester groups is 1. The molecule has 0 aromatic carbocycles. The Morgan fingerprint density at radius 3 is 1.97 bits per heavy atom. The van der Waals surface area contributed by atoms with E-state index in [0.717, 1.165) is 0 Å². The predicted molar refractivity (Wildman–Crippen MR) is 129 cm³/mol. The fraction of sp³-hybridized carbons (Fsp3) is 0.864. The van der Waals surface area contributed by atoms with Gasteiger partial charge in [-0.2, -0.15) is 0 Å². The summed E-state index contributed by atoms with van der Waals surface area (Å²) in [5.41, 5.74) is 0. The molecule has 3 atom stereocenters. The third kappa shape index (κ3) is 17.0. The summed E-state index contributed by atoms with van der Waals surface area (Å²) in [5.74, 6) is -0.971. The smallest absolute Gasteiger partial charge is 0.396 e. The molecule has 34 heavy (non-hydrogen) atoms. The largest absolute Gasteiger partial charge is 0.472 e. The van der Waals surface area contributed by atoms with E-state index in [-0.39, 0.29) is 42.8 Å². The maximum absolute atomic E-state index is 12.5. The summed E-state index contributed by atoms with van der Waals surface area (Å²) >= 11 is 0. The molecule has 12 heteroatoms. The van der Waals surface area contributed by atoms with Crippen LogP contribution in [0.4, 0.5) is 0 Å². The lowest BCUT2D eigenvalue weighted by atomic mass is 10.0. The number of unbranched alkanes of at least 4 members (excludes halogenated alkanes) is 2. The zero-order chi connectivity index (χ0) is 26.1. The number of aliphatic hydroxyl groups is 1. The molecule has 3 amide bonds. The second kappa shape index (κ2) is 17.8.